The molecule has 1 aromatic carbocycles. The largest absolute Gasteiger partial charge is 0.476 e. The molecule has 1 unspecified atom stereocenters. The first kappa shape index (κ1) is 13.1. The number of nitrogens with zero attached hydrogens (tertiary/aromatic N) is 1. The summed E-state index contributed by atoms with van der Waals surface area (Å²) in [5, 5.41) is 11.8. The maximum atomic E-state index is 13.6. The van der Waals surface area contributed by atoms with E-state index in [9.17, 15) is 18.0 Å². The van der Waals surface area contributed by atoms with E-state index in [-0.39, 0.29) is 16.9 Å². The minimum atomic E-state index is -1.50. The van der Waals surface area contributed by atoms with E-state index in [2.05, 4.69) is 9.68 Å². The summed E-state index contributed by atoms with van der Waals surface area (Å²) in [5.41, 5.74) is -0.907. The predicted octanol–water partition coefficient (Wildman–Crippen LogP) is 3.35. The number of carboxylic acids is 1. The van der Waals surface area contributed by atoms with Crippen LogP contribution in [0.2, 0.25) is 0 Å². The second-order valence-corrected chi connectivity index (χ2v) is 3.86. The molecule has 0 aliphatic rings. The maximum absolute atomic E-state index is 13.6. The lowest BCUT2D eigenvalue weighted by Crippen LogP contribution is -1.96. The van der Waals surface area contributed by atoms with E-state index >= 15 is 0 Å². The molecule has 0 fully saturated rings. The fourth-order valence-corrected chi connectivity index (χ4v) is 1.52. The number of carboxylic acid groups (broad SMARTS) is 1. The van der Waals surface area contributed by atoms with E-state index in [4.69, 9.17) is 5.11 Å². The third-order valence-electron chi connectivity index (χ3n) is 2.50. The summed E-state index contributed by atoms with van der Waals surface area (Å²) in [6.07, 6.45) is -1.50. The van der Waals surface area contributed by atoms with Crippen molar-refractivity contribution in [3.63, 3.8) is 0 Å². The van der Waals surface area contributed by atoms with Gasteiger partial charge in [0.05, 0.1) is 5.56 Å². The van der Waals surface area contributed by atoms with E-state index < -0.39 is 29.5 Å². The standard InChI is InChI=1S/C12H8F3NO3/c1-5(13)6-2-7(11(15)8(14)3-6)10-4-9(12(17)18)16-19-10/h2-5H,1H3,(H,17,18). The Kier molecular flexibility index (Phi) is 3.28. The second kappa shape index (κ2) is 4.75. The fraction of sp³-hybridized carbons (Fsp3) is 0.167. The highest BCUT2D eigenvalue weighted by atomic mass is 19.2. The van der Waals surface area contributed by atoms with Gasteiger partial charge < -0.3 is 9.63 Å². The molecule has 2 aromatic rings. The summed E-state index contributed by atoms with van der Waals surface area (Å²) in [4.78, 5) is 10.6. The third kappa shape index (κ3) is 2.44. The lowest BCUT2D eigenvalue weighted by atomic mass is 10.0. The van der Waals surface area contributed by atoms with Crippen molar-refractivity contribution in [3.8, 4) is 11.3 Å². The molecule has 1 heterocycles. The van der Waals surface area contributed by atoms with Crippen molar-refractivity contribution in [3.05, 3.63) is 41.1 Å². The number of hydrogen-bond acceptors (Lipinski definition) is 3. The summed E-state index contributed by atoms with van der Waals surface area (Å²) >= 11 is 0. The van der Waals surface area contributed by atoms with Crippen LogP contribution in [0, 0.1) is 11.6 Å². The van der Waals surface area contributed by atoms with Gasteiger partial charge in [-0.25, -0.2) is 18.0 Å². The van der Waals surface area contributed by atoms with Crippen molar-refractivity contribution in [2.75, 3.05) is 0 Å². The van der Waals surface area contributed by atoms with Gasteiger partial charge in [0, 0.05) is 6.07 Å². The summed E-state index contributed by atoms with van der Waals surface area (Å²) in [6.45, 7) is 1.17. The van der Waals surface area contributed by atoms with Gasteiger partial charge in [0.1, 0.15) is 6.17 Å². The number of carbonyl (C=O) groups is 1. The van der Waals surface area contributed by atoms with Gasteiger partial charge in [0.2, 0.25) is 0 Å². The molecule has 0 aliphatic carbocycles. The van der Waals surface area contributed by atoms with Crippen LogP contribution < -0.4 is 0 Å². The number of halogens is 3. The average molecular weight is 271 g/mol. The maximum Gasteiger partial charge on any atom is 0.358 e. The summed E-state index contributed by atoms with van der Waals surface area (Å²) < 4.78 is 44.7. The molecule has 2 rings (SSSR count). The van der Waals surface area contributed by atoms with E-state index in [1.165, 1.54) is 6.92 Å². The summed E-state index contributed by atoms with van der Waals surface area (Å²) in [7, 11) is 0. The Morgan fingerprint density at radius 1 is 1.37 bits per heavy atom. The Hall–Kier alpha value is -2.31. The Balaban J connectivity index is 2.56. The predicted molar refractivity (Wildman–Crippen MR) is 58.3 cm³/mol. The molecular formula is C12H8F3NO3. The normalized spacial score (nSPS) is 12.4. The average Bonchev–Trinajstić information content (AvgIpc) is 2.81. The molecule has 4 nitrogen and oxygen atoms in total. The molecule has 0 spiro atoms. The van der Waals surface area contributed by atoms with Crippen LogP contribution in [0.15, 0.2) is 22.7 Å². The van der Waals surface area contributed by atoms with Crippen LogP contribution in [0.5, 0.6) is 0 Å². The minimum absolute atomic E-state index is 0.0813. The third-order valence-corrected chi connectivity index (χ3v) is 2.50. The second-order valence-electron chi connectivity index (χ2n) is 3.86. The molecule has 7 heteroatoms. The first-order valence-electron chi connectivity index (χ1n) is 5.23. The van der Waals surface area contributed by atoms with Crippen LogP contribution in [0.3, 0.4) is 0 Å². The van der Waals surface area contributed by atoms with Crippen LogP contribution >= 0.6 is 0 Å². The molecular weight excluding hydrogens is 263 g/mol. The molecule has 0 bridgehead atoms. The zero-order valence-electron chi connectivity index (χ0n) is 9.65. The van der Waals surface area contributed by atoms with Gasteiger partial charge in [-0.3, -0.25) is 0 Å². The fourth-order valence-electron chi connectivity index (χ4n) is 1.52. The molecule has 0 saturated carbocycles. The lowest BCUT2D eigenvalue weighted by Gasteiger charge is -2.06. The number of aromatic carboxylic acids is 1. The number of alkyl halides is 1. The van der Waals surface area contributed by atoms with Gasteiger partial charge in [0.15, 0.2) is 23.1 Å². The zero-order chi connectivity index (χ0) is 14.2. The van der Waals surface area contributed by atoms with Crippen molar-refractivity contribution < 1.29 is 27.6 Å². The van der Waals surface area contributed by atoms with Crippen LogP contribution in [0.4, 0.5) is 13.2 Å². The molecule has 1 aromatic heterocycles. The monoisotopic (exact) mass is 271 g/mol. The Morgan fingerprint density at radius 2 is 2.05 bits per heavy atom. The van der Waals surface area contributed by atoms with Crippen molar-refractivity contribution in [2.45, 2.75) is 13.1 Å². The van der Waals surface area contributed by atoms with Crippen LogP contribution in [-0.4, -0.2) is 16.2 Å². The van der Waals surface area contributed by atoms with Crippen molar-refractivity contribution in [2.24, 2.45) is 0 Å². The highest BCUT2D eigenvalue weighted by Crippen LogP contribution is 2.30. The lowest BCUT2D eigenvalue weighted by molar-refractivity contribution is 0.0686. The molecule has 0 radical (unpaired) electrons. The van der Waals surface area contributed by atoms with E-state index in [0.29, 0.717) is 0 Å². The van der Waals surface area contributed by atoms with Crippen LogP contribution in [0.1, 0.15) is 29.1 Å². The molecule has 19 heavy (non-hydrogen) atoms. The highest BCUT2D eigenvalue weighted by Gasteiger charge is 2.20. The van der Waals surface area contributed by atoms with Crippen molar-refractivity contribution in [1.82, 2.24) is 5.16 Å². The number of aromatic nitrogens is 1. The SMILES string of the molecule is CC(F)c1cc(F)c(F)c(-c2cc(C(=O)O)no2)c1. The van der Waals surface area contributed by atoms with Crippen molar-refractivity contribution in [1.29, 1.82) is 0 Å². The Morgan fingerprint density at radius 3 is 2.58 bits per heavy atom. The molecule has 0 saturated heterocycles. The number of rotatable bonds is 3. The van der Waals surface area contributed by atoms with Crippen LogP contribution in [-0.2, 0) is 0 Å². The van der Waals surface area contributed by atoms with Gasteiger partial charge in [-0.1, -0.05) is 5.16 Å². The van der Waals surface area contributed by atoms with Crippen molar-refractivity contribution >= 4 is 5.97 Å². The van der Waals surface area contributed by atoms with E-state index in [1.807, 2.05) is 0 Å². The zero-order valence-corrected chi connectivity index (χ0v) is 9.65. The first-order valence-corrected chi connectivity index (χ1v) is 5.23. The Labute approximate surface area is 105 Å². The first-order chi connectivity index (χ1) is 8.90. The van der Waals surface area contributed by atoms with E-state index in [0.717, 1.165) is 18.2 Å². The summed E-state index contributed by atoms with van der Waals surface area (Å²) in [5.74, 6) is -4.15. The van der Waals surface area contributed by atoms with Gasteiger partial charge in [-0.15, -0.1) is 0 Å². The minimum Gasteiger partial charge on any atom is -0.476 e. The number of benzene rings is 1. The number of hydrogen-bond donors (Lipinski definition) is 1. The smallest absolute Gasteiger partial charge is 0.358 e. The molecule has 1 atom stereocenters. The molecule has 100 valence electrons. The van der Waals surface area contributed by atoms with Gasteiger partial charge in [0.25, 0.3) is 0 Å². The highest BCUT2D eigenvalue weighted by molar-refractivity contribution is 5.86. The topological polar surface area (TPSA) is 63.3 Å². The summed E-state index contributed by atoms with van der Waals surface area (Å²) in [6, 6.07) is 2.72. The Bertz CT molecular complexity index is 637. The quantitative estimate of drug-likeness (QED) is 0.929. The van der Waals surface area contributed by atoms with Crippen LogP contribution in [0.25, 0.3) is 11.3 Å². The van der Waals surface area contributed by atoms with Gasteiger partial charge in [-0.05, 0) is 24.6 Å². The molecule has 0 aliphatic heterocycles. The van der Waals surface area contributed by atoms with E-state index in [1.54, 1.807) is 0 Å². The molecule has 0 amide bonds. The van der Waals surface area contributed by atoms with Gasteiger partial charge in [-0.2, -0.15) is 0 Å². The molecule has 1 N–H and O–H groups in total. The van der Waals surface area contributed by atoms with Gasteiger partial charge >= 0.3 is 5.97 Å².